The molecule has 1 unspecified atom stereocenters. The molecule has 9 heteroatoms. The number of rotatable bonds is 3. The van der Waals surface area contributed by atoms with Crippen LogP contribution in [0.4, 0.5) is 4.39 Å². The molecule has 1 aliphatic rings. The molecule has 0 aliphatic carbocycles. The molecule has 1 saturated heterocycles. The van der Waals surface area contributed by atoms with Crippen LogP contribution in [0.5, 0.6) is 0 Å². The number of carbonyl (C=O) groups is 1. The van der Waals surface area contributed by atoms with Crippen LogP contribution in [0, 0.1) is 17.1 Å². The zero-order chi connectivity index (χ0) is 15.6. The highest BCUT2D eigenvalue weighted by atomic mass is 32.2. The van der Waals surface area contributed by atoms with E-state index in [0.29, 0.717) is 0 Å². The topological polar surface area (TPSA) is 113 Å². The third kappa shape index (κ3) is 2.87. The van der Waals surface area contributed by atoms with Gasteiger partial charge in [0.05, 0.1) is 23.7 Å². The Balaban J connectivity index is 2.46. The van der Waals surface area contributed by atoms with Gasteiger partial charge in [-0.25, -0.2) is 12.8 Å². The predicted molar refractivity (Wildman–Crippen MR) is 68.8 cm³/mol. The molecule has 0 bridgehead atoms. The van der Waals surface area contributed by atoms with Crippen LogP contribution in [0.25, 0.3) is 0 Å². The van der Waals surface area contributed by atoms with Gasteiger partial charge in [0.1, 0.15) is 17.9 Å². The molecule has 0 saturated carbocycles. The van der Waals surface area contributed by atoms with Crippen molar-refractivity contribution < 1.29 is 22.3 Å². The van der Waals surface area contributed by atoms with Crippen molar-refractivity contribution in [2.24, 2.45) is 5.73 Å². The summed E-state index contributed by atoms with van der Waals surface area (Å²) in [6.45, 7) is -0.0641. The normalized spacial score (nSPS) is 19.9. The molecule has 1 amide bonds. The van der Waals surface area contributed by atoms with Gasteiger partial charge in [-0.2, -0.15) is 9.57 Å². The molecular weight excluding hydrogens is 301 g/mol. The molecule has 1 atom stereocenters. The van der Waals surface area contributed by atoms with E-state index in [1.54, 1.807) is 6.07 Å². The number of primary amides is 1. The summed E-state index contributed by atoms with van der Waals surface area (Å²) in [6, 6.07) is 3.31. The van der Waals surface area contributed by atoms with Crippen molar-refractivity contribution in [3.63, 3.8) is 0 Å². The molecule has 1 aromatic carbocycles. The van der Waals surface area contributed by atoms with Gasteiger partial charge in [-0.15, -0.1) is 0 Å². The van der Waals surface area contributed by atoms with Crippen LogP contribution < -0.4 is 5.73 Å². The van der Waals surface area contributed by atoms with Gasteiger partial charge in [-0.3, -0.25) is 4.79 Å². The van der Waals surface area contributed by atoms with Crippen LogP contribution in [-0.4, -0.2) is 44.4 Å². The Hall–Kier alpha value is -2.02. The molecule has 1 fully saturated rings. The van der Waals surface area contributed by atoms with Crippen molar-refractivity contribution in [3.05, 3.63) is 29.6 Å². The molecule has 21 heavy (non-hydrogen) atoms. The maximum atomic E-state index is 13.3. The second-order valence-corrected chi connectivity index (χ2v) is 6.25. The van der Waals surface area contributed by atoms with Gasteiger partial charge in [0, 0.05) is 6.54 Å². The Kier molecular flexibility index (Phi) is 4.22. The fourth-order valence-corrected chi connectivity index (χ4v) is 3.58. The van der Waals surface area contributed by atoms with Crippen LogP contribution in [-0.2, 0) is 19.6 Å². The summed E-state index contributed by atoms with van der Waals surface area (Å²) < 4.78 is 44.3. The smallest absolute Gasteiger partial charge is 0.244 e. The molecule has 1 aliphatic heterocycles. The Morgan fingerprint density at radius 2 is 2.24 bits per heavy atom. The number of nitrogens with zero attached hydrogens (tertiary/aromatic N) is 2. The van der Waals surface area contributed by atoms with Gasteiger partial charge in [0.15, 0.2) is 0 Å². The predicted octanol–water partition coefficient (Wildman–Crippen LogP) is -0.428. The number of hydrogen-bond donors (Lipinski definition) is 1. The molecular formula is C12H12FN3O4S. The first-order valence-electron chi connectivity index (χ1n) is 5.96. The Morgan fingerprint density at radius 1 is 1.52 bits per heavy atom. The molecule has 7 nitrogen and oxygen atoms in total. The van der Waals surface area contributed by atoms with Crippen molar-refractivity contribution >= 4 is 15.9 Å². The summed E-state index contributed by atoms with van der Waals surface area (Å²) in [5.41, 5.74) is 4.79. The quantitative estimate of drug-likeness (QED) is 0.813. The lowest BCUT2D eigenvalue weighted by Gasteiger charge is -2.32. The van der Waals surface area contributed by atoms with Crippen molar-refractivity contribution in [1.82, 2.24) is 4.31 Å². The van der Waals surface area contributed by atoms with E-state index < -0.39 is 27.8 Å². The number of nitriles is 1. The highest BCUT2D eigenvalue weighted by molar-refractivity contribution is 7.89. The van der Waals surface area contributed by atoms with Crippen LogP contribution in [0.2, 0.25) is 0 Å². The van der Waals surface area contributed by atoms with Crippen LogP contribution in [0.15, 0.2) is 23.1 Å². The number of carbonyl (C=O) groups excluding carboxylic acids is 1. The molecule has 0 spiro atoms. The van der Waals surface area contributed by atoms with Crippen molar-refractivity contribution in [2.45, 2.75) is 10.9 Å². The minimum Gasteiger partial charge on any atom is -0.378 e. The Bertz CT molecular complexity index is 714. The fraction of sp³-hybridized carbons (Fsp3) is 0.333. The molecule has 2 N–H and O–H groups in total. The minimum absolute atomic E-state index is 0.0464. The third-order valence-corrected chi connectivity index (χ3v) is 4.98. The second kappa shape index (κ2) is 5.77. The lowest BCUT2D eigenvalue weighted by atomic mass is 10.2. The number of benzene rings is 1. The van der Waals surface area contributed by atoms with E-state index in [2.05, 4.69) is 0 Å². The monoisotopic (exact) mass is 313 g/mol. The SMILES string of the molecule is N#Cc1cc(S(=O)(=O)N2CCOCC2C(N)=O)ccc1F. The van der Waals surface area contributed by atoms with E-state index in [9.17, 15) is 17.6 Å². The maximum Gasteiger partial charge on any atom is 0.244 e. The van der Waals surface area contributed by atoms with E-state index >= 15 is 0 Å². The summed E-state index contributed by atoms with van der Waals surface area (Å²) in [6.07, 6.45) is 0. The van der Waals surface area contributed by atoms with Gasteiger partial charge in [0.25, 0.3) is 0 Å². The van der Waals surface area contributed by atoms with Gasteiger partial charge in [0.2, 0.25) is 15.9 Å². The molecule has 2 rings (SSSR count). The highest BCUT2D eigenvalue weighted by Crippen LogP contribution is 2.22. The second-order valence-electron chi connectivity index (χ2n) is 4.36. The van der Waals surface area contributed by atoms with Gasteiger partial charge in [-0.1, -0.05) is 0 Å². The number of morpholine rings is 1. The zero-order valence-corrected chi connectivity index (χ0v) is 11.6. The third-order valence-electron chi connectivity index (χ3n) is 3.07. The van der Waals surface area contributed by atoms with Crippen molar-refractivity contribution in [3.8, 4) is 6.07 Å². The minimum atomic E-state index is -4.07. The standard InChI is InChI=1S/C12H12FN3O4S/c13-10-2-1-9(5-8(10)6-14)21(18,19)16-3-4-20-7-11(16)12(15)17/h1-2,5,11H,3-4,7H2,(H2,15,17). The van der Waals surface area contributed by atoms with Crippen molar-refractivity contribution in [2.75, 3.05) is 19.8 Å². The summed E-state index contributed by atoms with van der Waals surface area (Å²) in [7, 11) is -4.07. The summed E-state index contributed by atoms with van der Waals surface area (Å²) in [5.74, 6) is -1.65. The molecule has 112 valence electrons. The molecule has 1 aromatic rings. The van der Waals surface area contributed by atoms with E-state index in [4.69, 9.17) is 15.7 Å². The fourth-order valence-electron chi connectivity index (χ4n) is 1.99. The van der Waals surface area contributed by atoms with E-state index in [-0.39, 0.29) is 30.2 Å². The number of hydrogen-bond acceptors (Lipinski definition) is 5. The highest BCUT2D eigenvalue weighted by Gasteiger charge is 2.37. The summed E-state index contributed by atoms with van der Waals surface area (Å²) in [5, 5.41) is 8.77. The van der Waals surface area contributed by atoms with Crippen LogP contribution >= 0.6 is 0 Å². The number of ether oxygens (including phenoxy) is 1. The lowest BCUT2D eigenvalue weighted by Crippen LogP contribution is -2.54. The van der Waals surface area contributed by atoms with Gasteiger partial charge < -0.3 is 10.5 Å². The van der Waals surface area contributed by atoms with Gasteiger partial charge >= 0.3 is 0 Å². The molecule has 0 radical (unpaired) electrons. The lowest BCUT2D eigenvalue weighted by molar-refractivity contribution is -0.125. The summed E-state index contributed by atoms with van der Waals surface area (Å²) >= 11 is 0. The van der Waals surface area contributed by atoms with E-state index in [1.165, 1.54) is 0 Å². The first-order chi connectivity index (χ1) is 9.87. The zero-order valence-electron chi connectivity index (χ0n) is 10.8. The Morgan fingerprint density at radius 3 is 2.86 bits per heavy atom. The summed E-state index contributed by atoms with van der Waals surface area (Å²) in [4.78, 5) is 11.1. The van der Waals surface area contributed by atoms with Crippen LogP contribution in [0.3, 0.4) is 0 Å². The van der Waals surface area contributed by atoms with Crippen molar-refractivity contribution in [1.29, 1.82) is 5.26 Å². The molecule has 0 aromatic heterocycles. The van der Waals surface area contributed by atoms with Crippen LogP contribution in [0.1, 0.15) is 5.56 Å². The van der Waals surface area contributed by atoms with E-state index in [1.807, 2.05) is 0 Å². The largest absolute Gasteiger partial charge is 0.378 e. The van der Waals surface area contributed by atoms with Gasteiger partial charge in [-0.05, 0) is 18.2 Å². The first kappa shape index (κ1) is 15.4. The number of sulfonamides is 1. The average molecular weight is 313 g/mol. The van der Waals surface area contributed by atoms with E-state index in [0.717, 1.165) is 22.5 Å². The maximum absolute atomic E-state index is 13.3. The molecule has 1 heterocycles. The Labute approximate surface area is 120 Å². The number of amides is 1. The number of halogens is 1. The first-order valence-corrected chi connectivity index (χ1v) is 7.40. The average Bonchev–Trinajstić information content (AvgIpc) is 2.47. The number of nitrogens with two attached hydrogens (primary N) is 1.